The Balaban J connectivity index is 4.61. The molecule has 8 heteroatoms. The van der Waals surface area contributed by atoms with E-state index in [-0.39, 0.29) is 6.92 Å². The predicted molar refractivity (Wildman–Crippen MR) is 30.8 cm³/mol. The van der Waals surface area contributed by atoms with E-state index in [1.807, 2.05) is 0 Å². The monoisotopic (exact) mass is 230 g/mol. The van der Waals surface area contributed by atoms with Crippen molar-refractivity contribution in [3.05, 3.63) is 0 Å². The minimum atomic E-state index is -5.95. The average Bonchev–Trinajstić information content (AvgIpc) is 1.80. The summed E-state index contributed by atoms with van der Waals surface area (Å²) in [7, 11) is 0. The van der Waals surface area contributed by atoms with Gasteiger partial charge in [-0.15, -0.1) is 0 Å². The van der Waals surface area contributed by atoms with E-state index >= 15 is 0 Å². The number of halogens is 8. The zero-order chi connectivity index (χ0) is 11.8. The van der Waals surface area contributed by atoms with E-state index in [2.05, 4.69) is 0 Å². The second-order valence-corrected chi connectivity index (χ2v) is 2.84. The van der Waals surface area contributed by atoms with Crippen molar-refractivity contribution in [2.75, 3.05) is 0 Å². The Morgan fingerprint density at radius 1 is 0.857 bits per heavy atom. The molecule has 0 fully saturated rings. The molecular weight excluding hydrogens is 224 g/mol. The summed E-state index contributed by atoms with van der Waals surface area (Å²) in [5.74, 6) is -8.13. The van der Waals surface area contributed by atoms with Crippen LogP contribution in [0.15, 0.2) is 0 Å². The first kappa shape index (κ1) is 13.4. The summed E-state index contributed by atoms with van der Waals surface area (Å²) < 4.78 is 93.7. The second-order valence-electron chi connectivity index (χ2n) is 2.84. The molecule has 14 heavy (non-hydrogen) atoms. The molecule has 0 aliphatic carbocycles. The van der Waals surface area contributed by atoms with E-state index in [4.69, 9.17) is 0 Å². The highest BCUT2D eigenvalue weighted by Crippen LogP contribution is 2.44. The van der Waals surface area contributed by atoms with E-state index in [0.717, 1.165) is 0 Å². The number of hydrogen-bond acceptors (Lipinski definition) is 0. The molecule has 1 unspecified atom stereocenters. The van der Waals surface area contributed by atoms with Gasteiger partial charge in [-0.3, -0.25) is 0 Å². The minimum Gasteiger partial charge on any atom is -0.196 e. The van der Waals surface area contributed by atoms with Crippen molar-refractivity contribution in [1.29, 1.82) is 0 Å². The molecule has 0 radical (unpaired) electrons. The molecule has 0 aliphatic heterocycles. The molecule has 0 saturated carbocycles. The van der Waals surface area contributed by atoms with Crippen molar-refractivity contribution in [2.45, 2.75) is 31.6 Å². The normalized spacial score (nSPS) is 16.9. The van der Waals surface area contributed by atoms with Gasteiger partial charge in [-0.2, -0.15) is 35.1 Å². The SMILES string of the molecule is CC(CC(F)(F)F)C(F)(F)C(F)(F)F. The van der Waals surface area contributed by atoms with Crippen LogP contribution in [0.1, 0.15) is 13.3 Å². The summed E-state index contributed by atoms with van der Waals surface area (Å²) in [6, 6.07) is 0. The predicted octanol–water partition coefficient (Wildman–Crippen LogP) is 3.77. The van der Waals surface area contributed by atoms with Gasteiger partial charge in [0.15, 0.2) is 0 Å². The molecule has 0 N–H and O–H groups in total. The van der Waals surface area contributed by atoms with Gasteiger partial charge in [0.05, 0.1) is 6.42 Å². The molecule has 0 aromatic carbocycles. The third kappa shape index (κ3) is 3.30. The third-order valence-corrected chi connectivity index (χ3v) is 1.53. The summed E-state index contributed by atoms with van der Waals surface area (Å²) in [5, 5.41) is 0. The van der Waals surface area contributed by atoms with Crippen LogP contribution in [-0.2, 0) is 0 Å². The van der Waals surface area contributed by atoms with Crippen LogP contribution in [0.5, 0.6) is 0 Å². The Morgan fingerprint density at radius 2 is 1.21 bits per heavy atom. The first-order chi connectivity index (χ1) is 5.88. The molecule has 0 aromatic rings. The van der Waals surface area contributed by atoms with Crippen LogP contribution >= 0.6 is 0 Å². The topological polar surface area (TPSA) is 0 Å². The number of hydrogen-bond donors (Lipinski definition) is 0. The standard InChI is InChI=1S/C6H6F8/c1-3(2-4(7,8)9)5(10,11)6(12,13)14/h3H,2H2,1H3. The molecule has 0 bridgehead atoms. The van der Waals surface area contributed by atoms with Gasteiger partial charge in [0.1, 0.15) is 0 Å². The molecule has 0 spiro atoms. The molecule has 1 atom stereocenters. The van der Waals surface area contributed by atoms with Crippen LogP contribution in [0, 0.1) is 5.92 Å². The summed E-state index contributed by atoms with van der Waals surface area (Å²) in [5.41, 5.74) is 0. The molecule has 0 nitrogen and oxygen atoms in total. The van der Waals surface area contributed by atoms with Crippen LogP contribution in [0.4, 0.5) is 35.1 Å². The van der Waals surface area contributed by atoms with Crippen molar-refractivity contribution >= 4 is 0 Å². The number of rotatable bonds is 2. The van der Waals surface area contributed by atoms with Crippen LogP contribution in [-0.4, -0.2) is 18.3 Å². The van der Waals surface area contributed by atoms with Gasteiger partial charge in [0.25, 0.3) is 0 Å². The summed E-state index contributed by atoms with van der Waals surface area (Å²) in [4.78, 5) is 0. The van der Waals surface area contributed by atoms with Crippen LogP contribution < -0.4 is 0 Å². The summed E-state index contributed by atoms with van der Waals surface area (Å²) in [6.45, 7) is 0.209. The van der Waals surface area contributed by atoms with Gasteiger partial charge in [-0.25, -0.2) is 0 Å². The Hall–Kier alpha value is -0.560. The van der Waals surface area contributed by atoms with Gasteiger partial charge in [-0.05, 0) is 0 Å². The van der Waals surface area contributed by atoms with Crippen molar-refractivity contribution < 1.29 is 35.1 Å². The average molecular weight is 230 g/mol. The second kappa shape index (κ2) is 3.54. The first-order valence-corrected chi connectivity index (χ1v) is 3.39. The maximum absolute atomic E-state index is 12.2. The maximum Gasteiger partial charge on any atom is 0.453 e. The lowest BCUT2D eigenvalue weighted by molar-refractivity contribution is -0.309. The fraction of sp³-hybridized carbons (Fsp3) is 1.00. The van der Waals surface area contributed by atoms with E-state index in [1.54, 1.807) is 0 Å². The van der Waals surface area contributed by atoms with Gasteiger partial charge in [0.2, 0.25) is 0 Å². The van der Waals surface area contributed by atoms with Gasteiger partial charge in [0, 0.05) is 5.92 Å². The zero-order valence-corrected chi connectivity index (χ0v) is 6.81. The highest BCUT2D eigenvalue weighted by atomic mass is 19.4. The quantitative estimate of drug-likeness (QED) is 0.633. The van der Waals surface area contributed by atoms with E-state index in [0.29, 0.717) is 0 Å². The van der Waals surface area contributed by atoms with Gasteiger partial charge in [-0.1, -0.05) is 6.92 Å². The van der Waals surface area contributed by atoms with Crippen molar-refractivity contribution in [1.82, 2.24) is 0 Å². The first-order valence-electron chi connectivity index (χ1n) is 3.39. The number of alkyl halides is 8. The maximum atomic E-state index is 12.2. The molecule has 0 amide bonds. The van der Waals surface area contributed by atoms with Gasteiger partial charge >= 0.3 is 18.3 Å². The molecule has 86 valence electrons. The third-order valence-electron chi connectivity index (χ3n) is 1.53. The van der Waals surface area contributed by atoms with E-state index in [1.165, 1.54) is 0 Å². The van der Waals surface area contributed by atoms with E-state index in [9.17, 15) is 35.1 Å². The molecule has 0 aromatic heterocycles. The Kier molecular flexibility index (Phi) is 3.40. The zero-order valence-electron chi connectivity index (χ0n) is 6.81. The lowest BCUT2D eigenvalue weighted by Crippen LogP contribution is -2.43. The van der Waals surface area contributed by atoms with Crippen LogP contribution in [0.25, 0.3) is 0 Å². The Morgan fingerprint density at radius 3 is 1.43 bits per heavy atom. The molecule has 0 heterocycles. The van der Waals surface area contributed by atoms with Gasteiger partial charge < -0.3 is 0 Å². The molecule has 0 aliphatic rings. The van der Waals surface area contributed by atoms with Crippen molar-refractivity contribution in [2.24, 2.45) is 5.92 Å². The minimum absolute atomic E-state index is 0.209. The summed E-state index contributed by atoms with van der Waals surface area (Å²) in [6.07, 6.45) is -13.1. The highest BCUT2D eigenvalue weighted by Gasteiger charge is 2.62. The highest BCUT2D eigenvalue weighted by molar-refractivity contribution is 4.82. The summed E-state index contributed by atoms with van der Waals surface area (Å²) >= 11 is 0. The molecule has 0 rings (SSSR count). The van der Waals surface area contributed by atoms with Crippen LogP contribution in [0.3, 0.4) is 0 Å². The van der Waals surface area contributed by atoms with E-state index < -0.39 is 30.6 Å². The Bertz CT molecular complexity index is 187. The van der Waals surface area contributed by atoms with Crippen molar-refractivity contribution in [3.8, 4) is 0 Å². The fourth-order valence-corrected chi connectivity index (χ4v) is 0.755. The van der Waals surface area contributed by atoms with Crippen LogP contribution in [0.2, 0.25) is 0 Å². The lowest BCUT2D eigenvalue weighted by atomic mass is 9.99. The van der Waals surface area contributed by atoms with Crippen molar-refractivity contribution in [3.63, 3.8) is 0 Å². The fourth-order valence-electron chi connectivity index (χ4n) is 0.755. The molecular formula is C6H6F8. The largest absolute Gasteiger partial charge is 0.453 e. The molecule has 0 saturated heterocycles. The Labute approximate surface area is 73.9 Å². The lowest BCUT2D eigenvalue weighted by Gasteiger charge is -2.26. The smallest absolute Gasteiger partial charge is 0.196 e.